The van der Waals surface area contributed by atoms with Gasteiger partial charge < -0.3 is 15.0 Å². The van der Waals surface area contributed by atoms with Gasteiger partial charge in [-0.15, -0.1) is 0 Å². The second-order valence-electron chi connectivity index (χ2n) is 5.61. The van der Waals surface area contributed by atoms with Crippen molar-refractivity contribution in [1.82, 2.24) is 10.2 Å². The van der Waals surface area contributed by atoms with Crippen LogP contribution in [0.3, 0.4) is 0 Å². The Balaban J connectivity index is 2.64. The van der Waals surface area contributed by atoms with Crippen LogP contribution in [-0.4, -0.2) is 37.2 Å². The quantitative estimate of drug-likeness (QED) is 0.909. The monoisotopic (exact) mass is 264 g/mol. The molecule has 1 aromatic rings. The molecule has 0 aliphatic heterocycles. The Labute approximate surface area is 115 Å². The normalized spacial score (nSPS) is 12.9. The first-order valence-electron chi connectivity index (χ1n) is 6.50. The molecule has 19 heavy (non-hydrogen) atoms. The minimum Gasteiger partial charge on any atom is -0.444 e. The number of hydrogen-bond acceptors (Lipinski definition) is 3. The number of nitrogens with one attached hydrogen (secondary N) is 1. The minimum absolute atomic E-state index is 0.0960. The first-order valence-corrected chi connectivity index (χ1v) is 6.50. The summed E-state index contributed by atoms with van der Waals surface area (Å²) in [5.74, 6) is 0. The maximum Gasteiger partial charge on any atom is 0.410 e. The molecule has 1 amide bonds. The van der Waals surface area contributed by atoms with Crippen molar-refractivity contribution >= 4 is 6.09 Å². The van der Waals surface area contributed by atoms with Crippen LogP contribution < -0.4 is 5.32 Å². The minimum atomic E-state index is -0.465. The summed E-state index contributed by atoms with van der Waals surface area (Å²) in [5.41, 5.74) is 0.688. The summed E-state index contributed by atoms with van der Waals surface area (Å²) in [5, 5.41) is 3.22. The fourth-order valence-corrected chi connectivity index (χ4v) is 1.74. The number of benzene rings is 1. The van der Waals surface area contributed by atoms with Gasteiger partial charge in [-0.1, -0.05) is 30.3 Å². The zero-order valence-electron chi connectivity index (χ0n) is 12.4. The molecule has 1 N–H and O–H groups in total. The second kappa shape index (κ2) is 6.57. The van der Waals surface area contributed by atoms with Gasteiger partial charge in [0.2, 0.25) is 0 Å². The zero-order chi connectivity index (χ0) is 14.5. The highest BCUT2D eigenvalue weighted by Gasteiger charge is 2.21. The maximum atomic E-state index is 11.9. The summed E-state index contributed by atoms with van der Waals surface area (Å²) in [7, 11) is 3.64. The van der Waals surface area contributed by atoms with E-state index >= 15 is 0 Å². The largest absolute Gasteiger partial charge is 0.444 e. The smallest absolute Gasteiger partial charge is 0.410 e. The van der Waals surface area contributed by atoms with Crippen LogP contribution in [0.2, 0.25) is 0 Å². The molecule has 0 aromatic heterocycles. The Morgan fingerprint density at radius 3 is 2.37 bits per heavy atom. The number of amides is 1. The highest BCUT2D eigenvalue weighted by molar-refractivity contribution is 5.67. The van der Waals surface area contributed by atoms with Crippen LogP contribution in [0.4, 0.5) is 4.79 Å². The molecular formula is C15H24N2O2. The third-order valence-corrected chi connectivity index (χ3v) is 2.71. The molecule has 0 saturated carbocycles. The van der Waals surface area contributed by atoms with Crippen LogP contribution in [0.5, 0.6) is 0 Å². The summed E-state index contributed by atoms with van der Waals surface area (Å²) in [4.78, 5) is 13.5. The van der Waals surface area contributed by atoms with Crippen LogP contribution in [0.15, 0.2) is 30.3 Å². The van der Waals surface area contributed by atoms with Crippen molar-refractivity contribution in [3.8, 4) is 0 Å². The topological polar surface area (TPSA) is 41.6 Å². The third-order valence-electron chi connectivity index (χ3n) is 2.71. The van der Waals surface area contributed by atoms with Crippen molar-refractivity contribution in [2.45, 2.75) is 32.4 Å². The average Bonchev–Trinajstić information content (AvgIpc) is 2.34. The van der Waals surface area contributed by atoms with Crippen molar-refractivity contribution in [3.63, 3.8) is 0 Å². The molecule has 0 aliphatic rings. The molecule has 0 heterocycles. The first-order chi connectivity index (χ1) is 8.83. The fourth-order valence-electron chi connectivity index (χ4n) is 1.74. The van der Waals surface area contributed by atoms with Crippen molar-refractivity contribution in [3.05, 3.63) is 35.9 Å². The molecular weight excluding hydrogens is 240 g/mol. The summed E-state index contributed by atoms with van der Waals surface area (Å²) in [6.45, 7) is 6.16. The number of ether oxygens (including phenoxy) is 1. The second-order valence-corrected chi connectivity index (χ2v) is 5.61. The van der Waals surface area contributed by atoms with E-state index in [1.54, 1.807) is 11.9 Å². The van der Waals surface area contributed by atoms with E-state index in [4.69, 9.17) is 4.74 Å². The van der Waals surface area contributed by atoms with Gasteiger partial charge in [0, 0.05) is 19.6 Å². The van der Waals surface area contributed by atoms with Gasteiger partial charge in [-0.25, -0.2) is 4.79 Å². The van der Waals surface area contributed by atoms with Crippen LogP contribution in [-0.2, 0) is 4.74 Å². The lowest BCUT2D eigenvalue weighted by Crippen LogP contribution is -2.38. The van der Waals surface area contributed by atoms with Gasteiger partial charge in [0.25, 0.3) is 0 Å². The summed E-state index contributed by atoms with van der Waals surface area (Å²) in [6, 6.07) is 10.2. The Morgan fingerprint density at radius 1 is 1.32 bits per heavy atom. The lowest BCUT2D eigenvalue weighted by atomic mass is 10.1. The van der Waals surface area contributed by atoms with Gasteiger partial charge in [0.05, 0.1) is 0 Å². The highest BCUT2D eigenvalue weighted by Crippen LogP contribution is 2.15. The molecule has 4 nitrogen and oxygen atoms in total. The van der Waals surface area contributed by atoms with E-state index in [-0.39, 0.29) is 12.1 Å². The summed E-state index contributed by atoms with van der Waals surface area (Å²) < 4.78 is 5.34. The average molecular weight is 264 g/mol. The molecule has 1 rings (SSSR count). The van der Waals surface area contributed by atoms with Crippen molar-refractivity contribution in [2.75, 3.05) is 20.6 Å². The van der Waals surface area contributed by atoms with Gasteiger partial charge in [0.15, 0.2) is 0 Å². The number of likely N-dealkylation sites (N-methyl/N-ethyl adjacent to an activating group) is 2. The molecule has 0 spiro atoms. The van der Waals surface area contributed by atoms with Crippen molar-refractivity contribution in [1.29, 1.82) is 0 Å². The van der Waals surface area contributed by atoms with Crippen LogP contribution in [0, 0.1) is 0 Å². The van der Waals surface area contributed by atoms with E-state index in [2.05, 4.69) is 5.32 Å². The molecule has 0 saturated heterocycles. The van der Waals surface area contributed by atoms with Gasteiger partial charge in [-0.05, 0) is 33.4 Å². The molecule has 0 aliphatic carbocycles. The van der Waals surface area contributed by atoms with E-state index in [0.29, 0.717) is 6.54 Å². The van der Waals surface area contributed by atoms with E-state index in [0.717, 1.165) is 5.56 Å². The molecule has 0 fully saturated rings. The highest BCUT2D eigenvalue weighted by atomic mass is 16.6. The molecule has 1 unspecified atom stereocenters. The van der Waals surface area contributed by atoms with Gasteiger partial charge in [-0.3, -0.25) is 0 Å². The molecule has 1 aromatic carbocycles. The molecule has 106 valence electrons. The van der Waals surface area contributed by atoms with Crippen LogP contribution in [0.1, 0.15) is 32.4 Å². The number of nitrogens with zero attached hydrogens (tertiary/aromatic N) is 1. The molecule has 0 bridgehead atoms. The van der Waals surface area contributed by atoms with E-state index < -0.39 is 5.60 Å². The maximum absolute atomic E-state index is 11.9. The number of hydrogen-bond donors (Lipinski definition) is 1. The SMILES string of the molecule is CNC(CN(C)C(=O)OC(C)(C)C)c1ccccc1. The van der Waals surface area contributed by atoms with Gasteiger partial charge in [-0.2, -0.15) is 0 Å². The molecule has 1 atom stereocenters. The Morgan fingerprint density at radius 2 is 1.89 bits per heavy atom. The van der Waals surface area contributed by atoms with Gasteiger partial charge >= 0.3 is 6.09 Å². The van der Waals surface area contributed by atoms with Crippen LogP contribution >= 0.6 is 0 Å². The van der Waals surface area contributed by atoms with E-state index in [9.17, 15) is 4.79 Å². The first kappa shape index (κ1) is 15.5. The predicted molar refractivity (Wildman–Crippen MR) is 77.1 cm³/mol. The Hall–Kier alpha value is -1.55. The predicted octanol–water partition coefficient (Wildman–Crippen LogP) is 2.81. The lowest BCUT2D eigenvalue weighted by molar-refractivity contribution is 0.0284. The number of carbonyl (C=O) groups excluding carboxylic acids is 1. The Bertz CT molecular complexity index is 398. The third kappa shape index (κ3) is 5.30. The lowest BCUT2D eigenvalue weighted by Gasteiger charge is -2.27. The van der Waals surface area contributed by atoms with Gasteiger partial charge in [0.1, 0.15) is 5.60 Å². The summed E-state index contributed by atoms with van der Waals surface area (Å²) >= 11 is 0. The molecule has 4 heteroatoms. The number of carbonyl (C=O) groups is 1. The molecule has 0 radical (unpaired) electrons. The van der Waals surface area contributed by atoms with E-state index in [1.165, 1.54) is 0 Å². The van der Waals surface area contributed by atoms with E-state index in [1.807, 2.05) is 58.2 Å². The summed E-state index contributed by atoms with van der Waals surface area (Å²) in [6.07, 6.45) is -0.302. The fraction of sp³-hybridized carbons (Fsp3) is 0.533. The van der Waals surface area contributed by atoms with Crippen molar-refractivity contribution in [2.24, 2.45) is 0 Å². The standard InChI is InChI=1S/C15H24N2O2/c1-15(2,3)19-14(18)17(5)11-13(16-4)12-9-7-6-8-10-12/h6-10,13,16H,11H2,1-5H3. The zero-order valence-corrected chi connectivity index (χ0v) is 12.4. The van der Waals surface area contributed by atoms with Crippen molar-refractivity contribution < 1.29 is 9.53 Å². The van der Waals surface area contributed by atoms with Crippen LogP contribution in [0.25, 0.3) is 0 Å². The number of rotatable bonds is 4. The Kier molecular flexibility index (Phi) is 5.36.